The van der Waals surface area contributed by atoms with Crippen LogP contribution in [-0.2, 0) is 14.3 Å². The first-order valence-corrected chi connectivity index (χ1v) is 36.4. The van der Waals surface area contributed by atoms with Crippen LogP contribution in [0.4, 0.5) is 0 Å². The zero-order chi connectivity index (χ0) is 61.0. The van der Waals surface area contributed by atoms with Gasteiger partial charge in [-0.05, 0) is 64.2 Å². The maximum atomic E-state index is 13.3. The minimum absolute atomic E-state index is 0.243. The van der Waals surface area contributed by atoms with Gasteiger partial charge in [0.15, 0.2) is 6.29 Å². The lowest BCUT2D eigenvalue weighted by atomic mass is 9.98. The summed E-state index contributed by atoms with van der Waals surface area (Å²) in [4.78, 5) is 13.3. The van der Waals surface area contributed by atoms with Gasteiger partial charge in [0, 0.05) is 0 Å². The molecule has 11 nitrogen and oxygen atoms in total. The predicted octanol–water partition coefficient (Wildman–Crippen LogP) is 17.8. The van der Waals surface area contributed by atoms with Crippen molar-refractivity contribution < 1.29 is 50.0 Å². The van der Waals surface area contributed by atoms with Crippen LogP contribution in [0.3, 0.4) is 0 Å². The number of carbonyl (C=O) groups excluding carboxylic acids is 1. The van der Waals surface area contributed by atoms with Gasteiger partial charge >= 0.3 is 0 Å². The van der Waals surface area contributed by atoms with Crippen LogP contribution in [0.25, 0.3) is 0 Å². The highest BCUT2D eigenvalue weighted by molar-refractivity contribution is 5.80. The van der Waals surface area contributed by atoms with Crippen LogP contribution in [0.5, 0.6) is 0 Å². The Morgan fingerprint density at radius 3 is 1.06 bits per heavy atom. The van der Waals surface area contributed by atoms with Gasteiger partial charge in [0.1, 0.15) is 36.6 Å². The summed E-state index contributed by atoms with van der Waals surface area (Å²) in [7, 11) is 0. The lowest BCUT2D eigenvalue weighted by molar-refractivity contribution is -0.303. The Balaban J connectivity index is 2.20. The summed E-state index contributed by atoms with van der Waals surface area (Å²) in [5.41, 5.74) is 0. The van der Waals surface area contributed by atoms with Crippen molar-refractivity contribution in [3.05, 3.63) is 36.5 Å². The van der Waals surface area contributed by atoms with Gasteiger partial charge in [0.25, 0.3) is 0 Å². The SMILES string of the molecule is CCCCCCCCCCCCCC/C=C/CC/C=C/CC/C=C/CCCC(O)C(O)C(COC1OC(CO)C(O)C(O)C1O)NC(=O)C(O)CCCCCCCCCCCCCCCCCCCCCCCCCCCCCCCCCC. The second kappa shape index (κ2) is 61.6. The summed E-state index contributed by atoms with van der Waals surface area (Å²) in [6.07, 6.45) is 68.1. The van der Waals surface area contributed by atoms with Gasteiger partial charge in [-0.3, -0.25) is 4.79 Å². The molecule has 1 heterocycles. The van der Waals surface area contributed by atoms with E-state index in [9.17, 15) is 40.5 Å². The molecule has 1 saturated heterocycles. The molecule has 0 spiro atoms. The standard InChI is InChI=1S/C73H139NO10/c1-3-5-7-9-11-13-15-17-19-21-23-25-27-29-30-31-32-33-34-35-37-39-41-43-45-47-49-51-53-55-57-59-61-66(77)72(82)74-64(63-83-73-71(81)70(80)69(79)67(62-75)84-73)68(78)65(76)60-58-56-54-52-50-48-46-44-42-40-38-36-28-26-24-22-20-18-16-14-12-10-8-6-4-2/h36,38,44,46,52,54,64-71,73,75-81H,3-35,37,39-43,45,47-51,53,55-63H2,1-2H3,(H,74,82)/b38-36+,46-44+,54-52+. The Bertz CT molecular complexity index is 1460. The molecule has 1 aliphatic rings. The lowest BCUT2D eigenvalue weighted by Gasteiger charge is -2.40. The zero-order valence-electron chi connectivity index (χ0n) is 54.9. The highest BCUT2D eigenvalue weighted by atomic mass is 16.7. The molecule has 9 unspecified atom stereocenters. The molecule has 84 heavy (non-hydrogen) atoms. The third kappa shape index (κ3) is 48.3. The van der Waals surface area contributed by atoms with Crippen LogP contribution in [0.15, 0.2) is 36.5 Å². The third-order valence-corrected chi connectivity index (χ3v) is 17.7. The average Bonchev–Trinajstić information content (AvgIpc) is 3.66. The highest BCUT2D eigenvalue weighted by Gasteiger charge is 2.44. The smallest absolute Gasteiger partial charge is 0.249 e. The van der Waals surface area contributed by atoms with Crippen molar-refractivity contribution in [3.8, 4) is 0 Å². The number of rotatable bonds is 64. The fourth-order valence-electron chi connectivity index (χ4n) is 11.8. The number of aliphatic hydroxyl groups excluding tert-OH is 7. The molecule has 0 aliphatic carbocycles. The second-order valence-corrected chi connectivity index (χ2v) is 25.6. The molecule has 0 saturated carbocycles. The molecule has 8 N–H and O–H groups in total. The zero-order valence-corrected chi connectivity index (χ0v) is 54.9. The van der Waals surface area contributed by atoms with Gasteiger partial charge in [0.05, 0.1) is 25.4 Å². The number of amides is 1. The van der Waals surface area contributed by atoms with Gasteiger partial charge < -0.3 is 50.5 Å². The topological polar surface area (TPSA) is 189 Å². The van der Waals surface area contributed by atoms with E-state index in [1.165, 1.54) is 263 Å². The van der Waals surface area contributed by atoms with Crippen molar-refractivity contribution in [2.75, 3.05) is 13.2 Å². The fourth-order valence-corrected chi connectivity index (χ4v) is 11.8. The maximum Gasteiger partial charge on any atom is 0.249 e. The van der Waals surface area contributed by atoms with E-state index in [1.807, 2.05) is 0 Å². The summed E-state index contributed by atoms with van der Waals surface area (Å²) < 4.78 is 11.2. The molecule has 0 aromatic rings. The van der Waals surface area contributed by atoms with Crippen molar-refractivity contribution in [2.24, 2.45) is 0 Å². The normalized spacial score (nSPS) is 19.1. The van der Waals surface area contributed by atoms with Crippen molar-refractivity contribution in [2.45, 2.75) is 409 Å². The van der Waals surface area contributed by atoms with Crippen molar-refractivity contribution in [1.29, 1.82) is 0 Å². The Kier molecular flexibility index (Phi) is 58.9. The Morgan fingerprint density at radius 2 is 0.714 bits per heavy atom. The molecular formula is C73H139NO10. The highest BCUT2D eigenvalue weighted by Crippen LogP contribution is 2.24. The van der Waals surface area contributed by atoms with Crippen LogP contribution < -0.4 is 5.32 Å². The molecular weight excluding hydrogens is 1050 g/mol. The number of nitrogens with one attached hydrogen (secondary N) is 1. The predicted molar refractivity (Wildman–Crippen MR) is 353 cm³/mol. The molecule has 496 valence electrons. The molecule has 0 radical (unpaired) electrons. The van der Waals surface area contributed by atoms with Gasteiger partial charge in [-0.25, -0.2) is 0 Å². The number of unbranched alkanes of at least 4 members (excludes halogenated alkanes) is 46. The van der Waals surface area contributed by atoms with E-state index in [0.29, 0.717) is 19.3 Å². The van der Waals surface area contributed by atoms with Gasteiger partial charge in [-0.2, -0.15) is 0 Å². The minimum atomic E-state index is -1.67. The number of aliphatic hydroxyl groups is 7. The Hall–Kier alpha value is -1.67. The first-order chi connectivity index (χ1) is 41.2. The average molecular weight is 1190 g/mol. The van der Waals surface area contributed by atoms with Gasteiger partial charge in [-0.15, -0.1) is 0 Å². The quantitative estimate of drug-likeness (QED) is 0.0215. The number of hydrogen-bond donors (Lipinski definition) is 8. The molecule has 1 fully saturated rings. The van der Waals surface area contributed by atoms with Crippen LogP contribution in [0.1, 0.15) is 354 Å². The van der Waals surface area contributed by atoms with Crippen LogP contribution in [0.2, 0.25) is 0 Å². The summed E-state index contributed by atoms with van der Waals surface area (Å²) in [6.45, 7) is 3.49. The summed E-state index contributed by atoms with van der Waals surface area (Å²) in [6, 6.07) is -1.19. The van der Waals surface area contributed by atoms with E-state index in [0.717, 1.165) is 44.9 Å². The lowest BCUT2D eigenvalue weighted by Crippen LogP contribution is -2.60. The fraction of sp³-hybridized carbons (Fsp3) is 0.904. The first kappa shape index (κ1) is 80.3. The molecule has 1 aliphatic heterocycles. The van der Waals surface area contributed by atoms with E-state index in [4.69, 9.17) is 9.47 Å². The molecule has 1 rings (SSSR count). The second-order valence-electron chi connectivity index (χ2n) is 25.6. The van der Waals surface area contributed by atoms with Crippen LogP contribution >= 0.6 is 0 Å². The molecule has 9 atom stereocenters. The first-order valence-electron chi connectivity index (χ1n) is 36.4. The van der Waals surface area contributed by atoms with Crippen molar-refractivity contribution >= 4 is 5.91 Å². The monoisotopic (exact) mass is 1190 g/mol. The number of carbonyl (C=O) groups is 1. The van der Waals surface area contributed by atoms with E-state index >= 15 is 0 Å². The number of hydrogen-bond acceptors (Lipinski definition) is 10. The van der Waals surface area contributed by atoms with Crippen LogP contribution in [0, 0.1) is 0 Å². The van der Waals surface area contributed by atoms with Crippen molar-refractivity contribution in [3.63, 3.8) is 0 Å². The van der Waals surface area contributed by atoms with E-state index in [1.54, 1.807) is 0 Å². The van der Waals surface area contributed by atoms with Crippen molar-refractivity contribution in [1.82, 2.24) is 5.32 Å². The Morgan fingerprint density at radius 1 is 0.405 bits per heavy atom. The van der Waals surface area contributed by atoms with Gasteiger partial charge in [0.2, 0.25) is 5.91 Å². The number of allylic oxidation sites excluding steroid dienone is 6. The third-order valence-electron chi connectivity index (χ3n) is 17.7. The number of ether oxygens (including phenoxy) is 2. The largest absolute Gasteiger partial charge is 0.394 e. The molecule has 0 aromatic carbocycles. The van der Waals surface area contributed by atoms with Gasteiger partial charge in [-0.1, -0.05) is 326 Å². The molecule has 0 bridgehead atoms. The summed E-state index contributed by atoms with van der Waals surface area (Å²) in [5, 5.41) is 76.5. The Labute approximate surface area is 517 Å². The van der Waals surface area contributed by atoms with E-state index in [-0.39, 0.29) is 12.8 Å². The minimum Gasteiger partial charge on any atom is -0.394 e. The maximum absolute atomic E-state index is 13.3. The molecule has 0 aromatic heterocycles. The summed E-state index contributed by atoms with van der Waals surface area (Å²) in [5.74, 6) is -0.706. The van der Waals surface area contributed by atoms with Crippen LogP contribution in [-0.4, -0.2) is 110 Å². The summed E-state index contributed by atoms with van der Waals surface area (Å²) >= 11 is 0. The molecule has 11 heteroatoms. The molecule has 1 amide bonds. The van der Waals surface area contributed by atoms with E-state index in [2.05, 4.69) is 55.6 Å². The van der Waals surface area contributed by atoms with E-state index < -0.39 is 74.2 Å².